The molecule has 1 saturated heterocycles. The highest BCUT2D eigenvalue weighted by Crippen LogP contribution is 2.25. The predicted molar refractivity (Wildman–Crippen MR) is 128 cm³/mol. The van der Waals surface area contributed by atoms with E-state index in [1.807, 2.05) is 36.9 Å². The molecule has 1 aliphatic heterocycles. The Morgan fingerprint density at radius 2 is 1.69 bits per heavy atom. The van der Waals surface area contributed by atoms with Crippen LogP contribution in [0.3, 0.4) is 0 Å². The van der Waals surface area contributed by atoms with Crippen LogP contribution in [0.1, 0.15) is 76.7 Å². The third-order valence-electron chi connectivity index (χ3n) is 6.26. The van der Waals surface area contributed by atoms with Crippen LogP contribution in [0, 0.1) is 24.2 Å². The highest BCUT2D eigenvalue weighted by atomic mass is 16.2. The Balaban J connectivity index is 2.12. The fraction of sp³-hybridized carbons (Fsp3) is 0.654. The highest BCUT2D eigenvalue weighted by molar-refractivity contribution is 5.97. The van der Waals surface area contributed by atoms with E-state index < -0.39 is 6.04 Å². The van der Waals surface area contributed by atoms with Gasteiger partial charge in [0, 0.05) is 31.1 Å². The molecule has 0 saturated carbocycles. The molecule has 32 heavy (non-hydrogen) atoms. The Hall–Kier alpha value is -2.37. The Labute approximate surface area is 193 Å². The summed E-state index contributed by atoms with van der Waals surface area (Å²) in [6.07, 6.45) is 1.90. The van der Waals surface area contributed by atoms with Gasteiger partial charge in [0.15, 0.2) is 0 Å². The smallest absolute Gasteiger partial charge is 0.251 e. The van der Waals surface area contributed by atoms with Gasteiger partial charge in [-0.3, -0.25) is 14.4 Å². The maximum absolute atomic E-state index is 13.2. The number of piperidine rings is 1. The molecule has 1 aromatic rings. The molecule has 2 atom stereocenters. The number of nitrogens with zero attached hydrogens (tertiary/aromatic N) is 1. The third kappa shape index (κ3) is 7.64. The van der Waals surface area contributed by atoms with Gasteiger partial charge in [0.2, 0.25) is 11.8 Å². The third-order valence-corrected chi connectivity index (χ3v) is 6.26. The molecule has 2 N–H and O–H groups in total. The van der Waals surface area contributed by atoms with E-state index in [2.05, 4.69) is 45.3 Å². The minimum atomic E-state index is -0.621. The molecule has 178 valence electrons. The Morgan fingerprint density at radius 3 is 2.22 bits per heavy atom. The van der Waals surface area contributed by atoms with Crippen LogP contribution >= 0.6 is 0 Å². The molecular formula is C26H41N3O3. The monoisotopic (exact) mass is 443 g/mol. The molecule has 1 aromatic carbocycles. The number of hydrogen-bond donors (Lipinski definition) is 2. The fourth-order valence-corrected chi connectivity index (χ4v) is 3.94. The number of carbonyl (C=O) groups is 3. The summed E-state index contributed by atoms with van der Waals surface area (Å²) in [5.74, 6) is 0.0592. The molecule has 0 bridgehead atoms. The molecule has 3 amide bonds. The number of benzene rings is 1. The molecule has 0 spiro atoms. The largest absolute Gasteiger partial charge is 0.352 e. The molecule has 0 aliphatic carbocycles. The van der Waals surface area contributed by atoms with E-state index in [1.54, 1.807) is 6.07 Å². The minimum absolute atomic E-state index is 0.00863. The highest BCUT2D eigenvalue weighted by Gasteiger charge is 2.35. The number of likely N-dealkylation sites (tertiary alicyclic amines) is 1. The molecule has 6 nitrogen and oxygen atoms in total. The summed E-state index contributed by atoms with van der Waals surface area (Å²) in [6, 6.07) is 6.77. The lowest BCUT2D eigenvalue weighted by Crippen LogP contribution is -2.55. The lowest BCUT2D eigenvalue weighted by molar-refractivity contribution is -0.134. The number of rotatable bonds is 7. The van der Waals surface area contributed by atoms with Crippen molar-refractivity contribution in [3.8, 4) is 0 Å². The number of nitrogens with one attached hydrogen (secondary N) is 2. The van der Waals surface area contributed by atoms with E-state index in [0.717, 1.165) is 5.56 Å². The van der Waals surface area contributed by atoms with Gasteiger partial charge in [-0.05, 0) is 56.1 Å². The van der Waals surface area contributed by atoms with E-state index in [1.165, 1.54) is 0 Å². The zero-order chi connectivity index (χ0) is 24.1. The van der Waals surface area contributed by atoms with Gasteiger partial charge in [-0.1, -0.05) is 52.3 Å². The first kappa shape index (κ1) is 25.9. The number of hydrogen-bond acceptors (Lipinski definition) is 3. The topological polar surface area (TPSA) is 78.5 Å². The van der Waals surface area contributed by atoms with Crippen molar-refractivity contribution in [2.45, 2.75) is 79.8 Å². The second kappa shape index (κ2) is 11.0. The first-order chi connectivity index (χ1) is 14.9. The Morgan fingerprint density at radius 1 is 1.06 bits per heavy atom. The van der Waals surface area contributed by atoms with E-state index in [9.17, 15) is 14.4 Å². The Kier molecular flexibility index (Phi) is 8.88. The molecule has 0 radical (unpaired) electrons. The maximum atomic E-state index is 13.2. The first-order valence-electron chi connectivity index (χ1n) is 11.8. The predicted octanol–water partition coefficient (Wildman–Crippen LogP) is 3.93. The quantitative estimate of drug-likeness (QED) is 0.670. The van der Waals surface area contributed by atoms with Crippen LogP contribution in [-0.4, -0.2) is 47.8 Å². The van der Waals surface area contributed by atoms with E-state index in [-0.39, 0.29) is 35.1 Å². The van der Waals surface area contributed by atoms with Crippen LogP contribution in [-0.2, 0) is 9.59 Å². The number of amides is 3. The summed E-state index contributed by atoms with van der Waals surface area (Å²) in [5.41, 5.74) is 1.50. The van der Waals surface area contributed by atoms with Gasteiger partial charge in [0.05, 0.1) is 0 Å². The number of aryl methyl sites for hydroxylation is 1. The van der Waals surface area contributed by atoms with Crippen molar-refractivity contribution in [1.82, 2.24) is 15.5 Å². The van der Waals surface area contributed by atoms with Crippen LogP contribution in [0.5, 0.6) is 0 Å². The average molecular weight is 444 g/mol. The van der Waals surface area contributed by atoms with Crippen molar-refractivity contribution in [3.05, 3.63) is 35.4 Å². The molecule has 6 heteroatoms. The van der Waals surface area contributed by atoms with Crippen molar-refractivity contribution in [1.29, 1.82) is 0 Å². The van der Waals surface area contributed by atoms with Gasteiger partial charge in [0.25, 0.3) is 5.91 Å². The van der Waals surface area contributed by atoms with Gasteiger partial charge in [-0.2, -0.15) is 0 Å². The molecular weight excluding hydrogens is 402 g/mol. The molecule has 0 unspecified atom stereocenters. The normalized spacial score (nSPS) is 17.1. The first-order valence-corrected chi connectivity index (χ1v) is 11.8. The maximum Gasteiger partial charge on any atom is 0.251 e. The van der Waals surface area contributed by atoms with Crippen molar-refractivity contribution in [3.63, 3.8) is 0 Å². The van der Waals surface area contributed by atoms with Gasteiger partial charge in [-0.15, -0.1) is 0 Å². The SMILES string of the molecule is Cc1cccc(C(=O)N[C@H](C(=O)N[C@H](C)C(C)C)C2CCN(C(=O)CC(C)(C)C)CC2)c1. The van der Waals surface area contributed by atoms with Crippen molar-refractivity contribution in [2.75, 3.05) is 13.1 Å². The molecule has 1 fully saturated rings. The summed E-state index contributed by atoms with van der Waals surface area (Å²) >= 11 is 0. The summed E-state index contributed by atoms with van der Waals surface area (Å²) in [6.45, 7) is 15.5. The lowest BCUT2D eigenvalue weighted by Gasteiger charge is -2.37. The van der Waals surface area contributed by atoms with Crippen LogP contribution in [0.25, 0.3) is 0 Å². The van der Waals surface area contributed by atoms with Gasteiger partial charge < -0.3 is 15.5 Å². The van der Waals surface area contributed by atoms with Gasteiger partial charge >= 0.3 is 0 Å². The fourth-order valence-electron chi connectivity index (χ4n) is 3.94. The zero-order valence-corrected chi connectivity index (χ0v) is 20.8. The molecule has 1 aliphatic rings. The van der Waals surface area contributed by atoms with Gasteiger partial charge in [0.1, 0.15) is 6.04 Å². The van der Waals surface area contributed by atoms with Crippen molar-refractivity contribution >= 4 is 17.7 Å². The second-order valence-corrected chi connectivity index (χ2v) is 10.8. The second-order valence-electron chi connectivity index (χ2n) is 10.8. The van der Waals surface area contributed by atoms with E-state index in [4.69, 9.17) is 0 Å². The zero-order valence-electron chi connectivity index (χ0n) is 20.8. The van der Waals surface area contributed by atoms with Crippen molar-refractivity contribution in [2.24, 2.45) is 17.3 Å². The summed E-state index contributed by atoms with van der Waals surface area (Å²) in [7, 11) is 0. The average Bonchev–Trinajstić information content (AvgIpc) is 2.70. The number of carbonyl (C=O) groups excluding carboxylic acids is 3. The van der Waals surface area contributed by atoms with Crippen molar-refractivity contribution < 1.29 is 14.4 Å². The van der Waals surface area contributed by atoms with Gasteiger partial charge in [-0.25, -0.2) is 0 Å². The standard InChI is InChI=1S/C26H41N3O3/c1-17(2)19(4)27-25(32)23(28-24(31)21-10-8-9-18(3)15-21)20-11-13-29(14-12-20)22(30)16-26(5,6)7/h8-10,15,17,19-20,23H,11-14,16H2,1-7H3,(H,27,32)(H,28,31)/t19-,23+/m1/s1. The Bertz CT molecular complexity index is 805. The minimum Gasteiger partial charge on any atom is -0.352 e. The van der Waals surface area contributed by atoms with Crippen LogP contribution < -0.4 is 10.6 Å². The summed E-state index contributed by atoms with van der Waals surface area (Å²) in [4.78, 5) is 40.7. The van der Waals surface area contributed by atoms with E-state index in [0.29, 0.717) is 43.8 Å². The molecule has 1 heterocycles. The lowest BCUT2D eigenvalue weighted by atomic mass is 9.86. The molecule has 0 aromatic heterocycles. The summed E-state index contributed by atoms with van der Waals surface area (Å²) in [5, 5.41) is 6.08. The van der Waals surface area contributed by atoms with E-state index >= 15 is 0 Å². The van der Waals surface area contributed by atoms with Crippen LogP contribution in [0.15, 0.2) is 24.3 Å². The van der Waals surface area contributed by atoms with Crippen LogP contribution in [0.2, 0.25) is 0 Å². The van der Waals surface area contributed by atoms with Crippen LogP contribution in [0.4, 0.5) is 0 Å². The molecule has 2 rings (SSSR count). The summed E-state index contributed by atoms with van der Waals surface area (Å²) < 4.78 is 0.